The molecule has 0 aromatic heterocycles. The van der Waals surface area contributed by atoms with Gasteiger partial charge in [0.15, 0.2) is 0 Å². The standard InChI is InChI=1S/C15H24N2O/c1-2-15(16)18-14-8-6-7-13(11-14)12-17-9-4-3-5-10-17/h6-8,11,15H,2-5,9-10,12,16H2,1H3. The van der Waals surface area contributed by atoms with Gasteiger partial charge in [0.25, 0.3) is 0 Å². The van der Waals surface area contributed by atoms with Gasteiger partial charge in [0, 0.05) is 6.54 Å². The van der Waals surface area contributed by atoms with Crippen LogP contribution in [-0.4, -0.2) is 24.2 Å². The first-order valence-corrected chi connectivity index (χ1v) is 7.01. The maximum Gasteiger partial charge on any atom is 0.147 e. The molecule has 1 aliphatic heterocycles. The van der Waals surface area contributed by atoms with Crippen molar-refractivity contribution >= 4 is 0 Å². The average Bonchev–Trinajstić information content (AvgIpc) is 2.40. The van der Waals surface area contributed by atoms with Gasteiger partial charge in [0.2, 0.25) is 0 Å². The Morgan fingerprint density at radius 2 is 2.06 bits per heavy atom. The number of ether oxygens (including phenoxy) is 1. The van der Waals surface area contributed by atoms with Crippen molar-refractivity contribution in [1.82, 2.24) is 4.90 Å². The second-order valence-electron chi connectivity index (χ2n) is 5.05. The molecule has 3 heteroatoms. The van der Waals surface area contributed by atoms with Gasteiger partial charge >= 0.3 is 0 Å². The van der Waals surface area contributed by atoms with E-state index in [0.717, 1.165) is 18.7 Å². The van der Waals surface area contributed by atoms with E-state index >= 15 is 0 Å². The summed E-state index contributed by atoms with van der Waals surface area (Å²) in [4.78, 5) is 2.52. The van der Waals surface area contributed by atoms with Crippen LogP contribution in [0.2, 0.25) is 0 Å². The van der Waals surface area contributed by atoms with Crippen molar-refractivity contribution < 1.29 is 4.74 Å². The summed E-state index contributed by atoms with van der Waals surface area (Å²) in [6.07, 6.45) is 4.67. The van der Waals surface area contributed by atoms with Gasteiger partial charge in [0.05, 0.1) is 0 Å². The van der Waals surface area contributed by atoms with Crippen LogP contribution in [0.4, 0.5) is 0 Å². The predicted molar refractivity (Wildman–Crippen MR) is 74.5 cm³/mol. The van der Waals surface area contributed by atoms with Crippen LogP contribution in [0.25, 0.3) is 0 Å². The van der Waals surface area contributed by atoms with E-state index in [-0.39, 0.29) is 6.23 Å². The largest absolute Gasteiger partial charge is 0.476 e. The molecule has 1 aromatic carbocycles. The number of hydrogen-bond acceptors (Lipinski definition) is 3. The molecule has 3 nitrogen and oxygen atoms in total. The number of benzene rings is 1. The Hall–Kier alpha value is -1.06. The third-order valence-electron chi connectivity index (χ3n) is 3.44. The van der Waals surface area contributed by atoms with Crippen molar-refractivity contribution in [3.8, 4) is 5.75 Å². The molecule has 1 atom stereocenters. The molecular weight excluding hydrogens is 224 g/mol. The highest BCUT2D eigenvalue weighted by Crippen LogP contribution is 2.18. The quantitative estimate of drug-likeness (QED) is 0.814. The highest BCUT2D eigenvalue weighted by Gasteiger charge is 2.11. The minimum absolute atomic E-state index is 0.199. The number of hydrogen-bond donors (Lipinski definition) is 1. The zero-order chi connectivity index (χ0) is 12.8. The fourth-order valence-electron chi connectivity index (χ4n) is 2.35. The lowest BCUT2D eigenvalue weighted by atomic mass is 10.1. The van der Waals surface area contributed by atoms with Crippen LogP contribution in [0.3, 0.4) is 0 Å². The van der Waals surface area contributed by atoms with E-state index in [1.54, 1.807) is 0 Å². The zero-order valence-electron chi connectivity index (χ0n) is 11.3. The molecule has 1 saturated heterocycles. The van der Waals surface area contributed by atoms with Crippen LogP contribution in [0.5, 0.6) is 5.75 Å². The SMILES string of the molecule is CCC(N)Oc1cccc(CN2CCCCC2)c1. The summed E-state index contributed by atoms with van der Waals surface area (Å²) >= 11 is 0. The summed E-state index contributed by atoms with van der Waals surface area (Å²) in [6.45, 7) is 5.50. The maximum absolute atomic E-state index is 5.81. The van der Waals surface area contributed by atoms with Gasteiger partial charge in [-0.25, -0.2) is 0 Å². The Labute approximate surface area is 110 Å². The molecule has 1 fully saturated rings. The molecule has 1 aliphatic rings. The molecule has 1 heterocycles. The molecule has 0 amide bonds. The molecular formula is C15H24N2O. The van der Waals surface area contributed by atoms with Crippen molar-refractivity contribution in [2.75, 3.05) is 13.1 Å². The zero-order valence-corrected chi connectivity index (χ0v) is 11.3. The van der Waals surface area contributed by atoms with Crippen LogP contribution >= 0.6 is 0 Å². The Bertz CT molecular complexity index is 361. The molecule has 2 rings (SSSR count). The molecule has 18 heavy (non-hydrogen) atoms. The average molecular weight is 248 g/mol. The van der Waals surface area contributed by atoms with Crippen LogP contribution in [0.15, 0.2) is 24.3 Å². The minimum atomic E-state index is -0.199. The number of piperidine rings is 1. The van der Waals surface area contributed by atoms with E-state index in [4.69, 9.17) is 10.5 Å². The Balaban J connectivity index is 1.93. The van der Waals surface area contributed by atoms with Gasteiger partial charge in [-0.3, -0.25) is 10.6 Å². The second-order valence-corrected chi connectivity index (χ2v) is 5.05. The van der Waals surface area contributed by atoms with Gasteiger partial charge < -0.3 is 4.74 Å². The summed E-state index contributed by atoms with van der Waals surface area (Å²) in [7, 11) is 0. The Morgan fingerprint density at radius 1 is 1.28 bits per heavy atom. The maximum atomic E-state index is 5.81. The molecule has 0 spiro atoms. The van der Waals surface area contributed by atoms with E-state index in [2.05, 4.69) is 23.1 Å². The third-order valence-corrected chi connectivity index (χ3v) is 3.44. The summed E-state index contributed by atoms with van der Waals surface area (Å²) in [5.41, 5.74) is 7.12. The van der Waals surface area contributed by atoms with E-state index < -0.39 is 0 Å². The number of nitrogens with two attached hydrogens (primary N) is 1. The molecule has 0 bridgehead atoms. The summed E-state index contributed by atoms with van der Waals surface area (Å²) in [6, 6.07) is 8.31. The van der Waals surface area contributed by atoms with Crippen LogP contribution in [-0.2, 0) is 6.54 Å². The Kier molecular flexibility index (Phi) is 5.02. The molecule has 0 saturated carbocycles. The first-order valence-electron chi connectivity index (χ1n) is 7.01. The topological polar surface area (TPSA) is 38.5 Å². The van der Waals surface area contributed by atoms with Crippen LogP contribution in [0.1, 0.15) is 38.2 Å². The van der Waals surface area contributed by atoms with Crippen LogP contribution in [0, 0.1) is 0 Å². The Morgan fingerprint density at radius 3 is 2.78 bits per heavy atom. The molecule has 2 N–H and O–H groups in total. The molecule has 1 aromatic rings. The van der Waals surface area contributed by atoms with E-state index in [0.29, 0.717) is 0 Å². The summed E-state index contributed by atoms with van der Waals surface area (Å²) < 4.78 is 5.65. The van der Waals surface area contributed by atoms with Crippen molar-refractivity contribution in [2.24, 2.45) is 5.73 Å². The van der Waals surface area contributed by atoms with Gasteiger partial charge in [-0.2, -0.15) is 0 Å². The summed E-state index contributed by atoms with van der Waals surface area (Å²) in [5.74, 6) is 0.888. The minimum Gasteiger partial charge on any atom is -0.476 e. The monoisotopic (exact) mass is 248 g/mol. The lowest BCUT2D eigenvalue weighted by molar-refractivity contribution is 0.203. The fourth-order valence-corrected chi connectivity index (χ4v) is 2.35. The summed E-state index contributed by atoms with van der Waals surface area (Å²) in [5, 5.41) is 0. The van der Waals surface area contributed by atoms with Gasteiger partial charge in [0.1, 0.15) is 12.0 Å². The fraction of sp³-hybridized carbons (Fsp3) is 0.600. The first kappa shape index (κ1) is 13.4. The molecule has 0 aliphatic carbocycles. The van der Waals surface area contributed by atoms with Crippen molar-refractivity contribution in [3.05, 3.63) is 29.8 Å². The smallest absolute Gasteiger partial charge is 0.147 e. The van der Waals surface area contributed by atoms with E-state index in [1.165, 1.54) is 37.9 Å². The number of nitrogens with zero attached hydrogens (tertiary/aromatic N) is 1. The van der Waals surface area contributed by atoms with E-state index in [9.17, 15) is 0 Å². The highest BCUT2D eigenvalue weighted by atomic mass is 16.5. The first-order chi connectivity index (χ1) is 8.78. The van der Waals surface area contributed by atoms with E-state index in [1.807, 2.05) is 13.0 Å². The number of rotatable bonds is 5. The van der Waals surface area contributed by atoms with Gasteiger partial charge in [-0.05, 0) is 50.0 Å². The van der Waals surface area contributed by atoms with Crippen molar-refractivity contribution in [3.63, 3.8) is 0 Å². The highest BCUT2D eigenvalue weighted by molar-refractivity contribution is 5.28. The lowest BCUT2D eigenvalue weighted by Crippen LogP contribution is -2.29. The normalized spacial score (nSPS) is 18.6. The molecule has 0 radical (unpaired) electrons. The molecule has 1 unspecified atom stereocenters. The van der Waals surface area contributed by atoms with Gasteiger partial charge in [-0.15, -0.1) is 0 Å². The number of likely N-dealkylation sites (tertiary alicyclic amines) is 1. The van der Waals surface area contributed by atoms with Crippen molar-refractivity contribution in [2.45, 2.75) is 45.4 Å². The third kappa shape index (κ3) is 4.00. The van der Waals surface area contributed by atoms with Gasteiger partial charge in [-0.1, -0.05) is 25.5 Å². The van der Waals surface area contributed by atoms with Crippen molar-refractivity contribution in [1.29, 1.82) is 0 Å². The lowest BCUT2D eigenvalue weighted by Gasteiger charge is -2.26. The van der Waals surface area contributed by atoms with Crippen LogP contribution < -0.4 is 10.5 Å². The predicted octanol–water partition coefficient (Wildman–Crippen LogP) is 2.75. The molecule has 100 valence electrons. The second kappa shape index (κ2) is 6.76.